The fraction of sp³-hybridized carbons (Fsp3) is 0.333. The van der Waals surface area contributed by atoms with Crippen LogP contribution in [-0.4, -0.2) is 36.6 Å². The highest BCUT2D eigenvalue weighted by Crippen LogP contribution is 2.10. The Hall–Kier alpha value is -2.11. The van der Waals surface area contributed by atoms with Crippen LogP contribution in [0.25, 0.3) is 0 Å². The van der Waals surface area contributed by atoms with E-state index in [-0.39, 0.29) is 24.9 Å². The van der Waals surface area contributed by atoms with Gasteiger partial charge >= 0.3 is 6.09 Å². The number of amides is 2. The minimum absolute atomic E-state index is 0.0601. The summed E-state index contributed by atoms with van der Waals surface area (Å²) in [5, 5.41) is 2.68. The van der Waals surface area contributed by atoms with Gasteiger partial charge in [0.2, 0.25) is 5.91 Å². The van der Waals surface area contributed by atoms with E-state index in [1.54, 1.807) is 12.1 Å². The maximum absolute atomic E-state index is 12.7. The molecule has 0 radical (unpaired) electrons. The first-order valence-corrected chi connectivity index (χ1v) is 5.49. The van der Waals surface area contributed by atoms with Gasteiger partial charge in [0.1, 0.15) is 18.5 Å². The second-order valence-electron chi connectivity index (χ2n) is 4.05. The molecule has 0 saturated carbocycles. The van der Waals surface area contributed by atoms with Gasteiger partial charge in [-0.1, -0.05) is 12.1 Å². The molecule has 1 fully saturated rings. The quantitative estimate of drug-likeness (QED) is 0.869. The molecule has 1 aliphatic heterocycles. The third-order valence-electron chi connectivity index (χ3n) is 2.80. The molecular formula is C12H13FN2O3. The molecule has 5 nitrogen and oxygen atoms in total. The van der Waals surface area contributed by atoms with Crippen molar-refractivity contribution in [2.75, 3.05) is 13.7 Å². The standard InChI is InChI=1S/C12H13FN2O3/c1-15-10(7-18-12(15)17)11(16)14-6-8-2-4-9(13)5-3-8/h2-5,10H,6-7H2,1H3,(H,14,16). The highest BCUT2D eigenvalue weighted by atomic mass is 19.1. The van der Waals surface area contributed by atoms with E-state index in [0.29, 0.717) is 0 Å². The largest absolute Gasteiger partial charge is 0.447 e. The van der Waals surface area contributed by atoms with Gasteiger partial charge in [0, 0.05) is 13.6 Å². The number of hydrogen-bond donors (Lipinski definition) is 1. The van der Waals surface area contributed by atoms with Crippen LogP contribution in [0, 0.1) is 5.82 Å². The Morgan fingerprint density at radius 3 is 2.72 bits per heavy atom. The predicted octanol–water partition coefficient (Wildman–Crippen LogP) is 0.892. The molecule has 2 rings (SSSR count). The summed E-state index contributed by atoms with van der Waals surface area (Å²) in [6, 6.07) is 5.25. The Balaban J connectivity index is 1.89. The number of likely N-dealkylation sites (N-methyl/N-ethyl adjacent to an activating group) is 1. The zero-order chi connectivity index (χ0) is 13.1. The lowest BCUT2D eigenvalue weighted by molar-refractivity contribution is -0.124. The van der Waals surface area contributed by atoms with Crippen molar-refractivity contribution in [2.45, 2.75) is 12.6 Å². The van der Waals surface area contributed by atoms with Crippen molar-refractivity contribution in [3.8, 4) is 0 Å². The number of rotatable bonds is 3. The van der Waals surface area contributed by atoms with Crippen molar-refractivity contribution in [3.63, 3.8) is 0 Å². The number of carbonyl (C=O) groups excluding carboxylic acids is 2. The monoisotopic (exact) mass is 252 g/mol. The van der Waals surface area contributed by atoms with Crippen LogP contribution >= 0.6 is 0 Å². The summed E-state index contributed by atoms with van der Waals surface area (Å²) in [5.41, 5.74) is 0.789. The van der Waals surface area contributed by atoms with Crippen LogP contribution in [0.1, 0.15) is 5.56 Å². The fourth-order valence-corrected chi connectivity index (χ4v) is 1.65. The fourth-order valence-electron chi connectivity index (χ4n) is 1.65. The first-order chi connectivity index (χ1) is 8.58. The Morgan fingerprint density at radius 2 is 2.17 bits per heavy atom. The molecule has 1 atom stereocenters. The number of hydrogen-bond acceptors (Lipinski definition) is 3. The summed E-state index contributed by atoms with van der Waals surface area (Å²) in [5.74, 6) is -0.604. The molecular weight excluding hydrogens is 239 g/mol. The molecule has 1 aromatic carbocycles. The number of benzene rings is 1. The molecule has 1 saturated heterocycles. The minimum atomic E-state index is -0.599. The average molecular weight is 252 g/mol. The van der Waals surface area contributed by atoms with Crippen LogP contribution in [0.5, 0.6) is 0 Å². The lowest BCUT2D eigenvalue weighted by Crippen LogP contribution is -2.43. The smallest absolute Gasteiger partial charge is 0.410 e. The molecule has 0 aromatic heterocycles. The van der Waals surface area contributed by atoms with Gasteiger partial charge in [-0.2, -0.15) is 0 Å². The van der Waals surface area contributed by atoms with E-state index >= 15 is 0 Å². The molecule has 0 aliphatic carbocycles. The van der Waals surface area contributed by atoms with Crippen molar-refractivity contribution in [3.05, 3.63) is 35.6 Å². The Kier molecular flexibility index (Phi) is 3.45. The van der Waals surface area contributed by atoms with Gasteiger partial charge in [0.15, 0.2) is 0 Å². The third kappa shape index (κ3) is 2.58. The molecule has 0 bridgehead atoms. The summed E-state index contributed by atoms with van der Waals surface area (Å²) in [7, 11) is 1.51. The number of ether oxygens (including phenoxy) is 1. The first-order valence-electron chi connectivity index (χ1n) is 5.49. The Bertz CT molecular complexity index is 461. The maximum Gasteiger partial charge on any atom is 0.410 e. The highest BCUT2D eigenvalue weighted by Gasteiger charge is 2.34. The molecule has 1 heterocycles. The summed E-state index contributed by atoms with van der Waals surface area (Å²) in [4.78, 5) is 24.1. The summed E-state index contributed by atoms with van der Waals surface area (Å²) < 4.78 is 17.4. The van der Waals surface area contributed by atoms with Crippen molar-refractivity contribution in [1.29, 1.82) is 0 Å². The van der Waals surface area contributed by atoms with E-state index < -0.39 is 12.1 Å². The van der Waals surface area contributed by atoms with Crippen LogP contribution in [0.4, 0.5) is 9.18 Å². The number of nitrogens with zero attached hydrogens (tertiary/aromatic N) is 1. The highest BCUT2D eigenvalue weighted by molar-refractivity contribution is 5.87. The molecule has 0 spiro atoms. The number of carbonyl (C=O) groups is 2. The van der Waals surface area contributed by atoms with E-state index in [1.165, 1.54) is 24.1 Å². The van der Waals surface area contributed by atoms with Gasteiger partial charge in [-0.25, -0.2) is 9.18 Å². The zero-order valence-electron chi connectivity index (χ0n) is 9.85. The van der Waals surface area contributed by atoms with E-state index in [4.69, 9.17) is 4.74 Å². The molecule has 1 N–H and O–H groups in total. The lowest BCUT2D eigenvalue weighted by Gasteiger charge is -2.15. The SMILES string of the molecule is CN1C(=O)OCC1C(=O)NCc1ccc(F)cc1. The van der Waals surface area contributed by atoms with Crippen molar-refractivity contribution in [1.82, 2.24) is 10.2 Å². The lowest BCUT2D eigenvalue weighted by atomic mass is 10.2. The van der Waals surface area contributed by atoms with E-state index in [0.717, 1.165) is 5.56 Å². The number of cyclic esters (lactones) is 1. The van der Waals surface area contributed by atoms with Crippen LogP contribution in [-0.2, 0) is 16.1 Å². The van der Waals surface area contributed by atoms with Crippen LogP contribution < -0.4 is 5.32 Å². The molecule has 6 heteroatoms. The predicted molar refractivity (Wildman–Crippen MR) is 61.1 cm³/mol. The van der Waals surface area contributed by atoms with Gasteiger partial charge in [-0.15, -0.1) is 0 Å². The van der Waals surface area contributed by atoms with Crippen molar-refractivity contribution < 1.29 is 18.7 Å². The van der Waals surface area contributed by atoms with Crippen LogP contribution in [0.2, 0.25) is 0 Å². The second kappa shape index (κ2) is 5.03. The minimum Gasteiger partial charge on any atom is -0.447 e. The van der Waals surface area contributed by atoms with Crippen molar-refractivity contribution in [2.24, 2.45) is 0 Å². The second-order valence-corrected chi connectivity index (χ2v) is 4.05. The number of halogens is 1. The van der Waals surface area contributed by atoms with E-state index in [1.807, 2.05) is 0 Å². The zero-order valence-corrected chi connectivity index (χ0v) is 9.85. The van der Waals surface area contributed by atoms with E-state index in [2.05, 4.69) is 5.32 Å². The van der Waals surface area contributed by atoms with Gasteiger partial charge in [-0.3, -0.25) is 9.69 Å². The topological polar surface area (TPSA) is 58.6 Å². The molecule has 2 amide bonds. The molecule has 1 unspecified atom stereocenters. The third-order valence-corrected chi connectivity index (χ3v) is 2.80. The molecule has 1 aromatic rings. The van der Waals surface area contributed by atoms with Gasteiger partial charge < -0.3 is 10.1 Å². The molecule has 1 aliphatic rings. The average Bonchev–Trinajstić information content (AvgIpc) is 2.69. The summed E-state index contributed by atoms with van der Waals surface area (Å²) in [6.07, 6.45) is -0.503. The molecule has 18 heavy (non-hydrogen) atoms. The van der Waals surface area contributed by atoms with Crippen LogP contribution in [0.15, 0.2) is 24.3 Å². The van der Waals surface area contributed by atoms with E-state index in [9.17, 15) is 14.0 Å². The normalized spacial score (nSPS) is 18.7. The maximum atomic E-state index is 12.7. The van der Waals surface area contributed by atoms with Gasteiger partial charge in [0.25, 0.3) is 0 Å². The van der Waals surface area contributed by atoms with Gasteiger partial charge in [0.05, 0.1) is 0 Å². The molecule has 96 valence electrons. The van der Waals surface area contributed by atoms with Crippen molar-refractivity contribution >= 4 is 12.0 Å². The number of nitrogens with one attached hydrogen (secondary N) is 1. The van der Waals surface area contributed by atoms with Gasteiger partial charge in [-0.05, 0) is 17.7 Å². The Labute approximate surface area is 104 Å². The van der Waals surface area contributed by atoms with Crippen LogP contribution in [0.3, 0.4) is 0 Å². The Morgan fingerprint density at radius 1 is 1.50 bits per heavy atom. The summed E-state index contributed by atoms with van der Waals surface area (Å²) >= 11 is 0. The summed E-state index contributed by atoms with van der Waals surface area (Å²) in [6.45, 7) is 0.349. The first kappa shape index (κ1) is 12.3.